The molecule has 1 aromatic heterocycles. The zero-order chi connectivity index (χ0) is 17.4. The van der Waals surface area contributed by atoms with Crippen molar-refractivity contribution in [2.24, 2.45) is 5.92 Å². The minimum Gasteiger partial charge on any atom is -0.478 e. The summed E-state index contributed by atoms with van der Waals surface area (Å²) < 4.78 is 5.19. The van der Waals surface area contributed by atoms with Crippen LogP contribution in [0.2, 0.25) is 0 Å². The van der Waals surface area contributed by atoms with Gasteiger partial charge in [-0.3, -0.25) is 4.79 Å². The summed E-state index contributed by atoms with van der Waals surface area (Å²) >= 11 is 1.41. The first kappa shape index (κ1) is 15.8. The molecule has 0 aliphatic heterocycles. The van der Waals surface area contributed by atoms with Gasteiger partial charge in [-0.05, 0) is 66.2 Å². The number of carboxylic acids is 1. The summed E-state index contributed by atoms with van der Waals surface area (Å²) in [6.07, 6.45) is 3.60. The standard InChI is InChI=1S/C19H16N2O3S/c22-18(21-14-6-5-13-10-20-25-17(13)9-14)16-8-7-15(16)11-1-3-12(4-2-11)19(23)24/h1-6,9-10,15-16H,7-8H2,(H,21,22)(H,23,24). The lowest BCUT2D eigenvalue weighted by atomic mass is 9.69. The molecule has 2 atom stereocenters. The Labute approximate surface area is 148 Å². The molecule has 1 fully saturated rings. The number of fused-ring (bicyclic) bond motifs is 1. The lowest BCUT2D eigenvalue weighted by Crippen LogP contribution is -2.35. The van der Waals surface area contributed by atoms with Gasteiger partial charge in [-0.1, -0.05) is 12.1 Å². The molecule has 126 valence electrons. The predicted octanol–water partition coefficient (Wildman–Crippen LogP) is 4.13. The highest BCUT2D eigenvalue weighted by Crippen LogP contribution is 2.43. The largest absolute Gasteiger partial charge is 0.478 e. The molecule has 25 heavy (non-hydrogen) atoms. The first-order chi connectivity index (χ1) is 12.1. The van der Waals surface area contributed by atoms with Gasteiger partial charge >= 0.3 is 5.97 Å². The zero-order valence-electron chi connectivity index (χ0n) is 13.3. The third-order valence-electron chi connectivity index (χ3n) is 4.82. The second-order valence-corrected chi connectivity index (χ2v) is 7.12. The van der Waals surface area contributed by atoms with Crippen LogP contribution in [0.3, 0.4) is 0 Å². The van der Waals surface area contributed by atoms with Crippen LogP contribution in [0.1, 0.15) is 34.7 Å². The van der Waals surface area contributed by atoms with Gasteiger partial charge in [0.2, 0.25) is 5.91 Å². The van der Waals surface area contributed by atoms with E-state index in [9.17, 15) is 9.59 Å². The predicted molar refractivity (Wildman–Crippen MR) is 97.1 cm³/mol. The van der Waals surface area contributed by atoms with Crippen molar-refractivity contribution >= 4 is 39.2 Å². The van der Waals surface area contributed by atoms with Gasteiger partial charge in [-0.25, -0.2) is 4.79 Å². The van der Waals surface area contributed by atoms with E-state index in [0.717, 1.165) is 34.2 Å². The highest BCUT2D eigenvalue weighted by Gasteiger charge is 2.37. The van der Waals surface area contributed by atoms with E-state index in [1.54, 1.807) is 12.1 Å². The fraction of sp³-hybridized carbons (Fsp3) is 0.211. The van der Waals surface area contributed by atoms with E-state index in [0.29, 0.717) is 0 Å². The second kappa shape index (κ2) is 6.29. The zero-order valence-corrected chi connectivity index (χ0v) is 14.1. The molecule has 1 heterocycles. The molecule has 1 saturated carbocycles. The van der Waals surface area contributed by atoms with Crippen LogP contribution in [0.15, 0.2) is 48.7 Å². The van der Waals surface area contributed by atoms with Gasteiger partial charge in [-0.15, -0.1) is 0 Å². The molecule has 3 aromatic rings. The number of carbonyl (C=O) groups is 2. The van der Waals surface area contributed by atoms with Crippen molar-refractivity contribution in [3.8, 4) is 0 Å². The normalized spacial score (nSPS) is 19.4. The van der Waals surface area contributed by atoms with Crippen LogP contribution >= 0.6 is 11.5 Å². The molecule has 0 saturated heterocycles. The van der Waals surface area contributed by atoms with Crippen molar-refractivity contribution in [3.63, 3.8) is 0 Å². The summed E-state index contributed by atoms with van der Waals surface area (Å²) in [6.45, 7) is 0. The molecule has 1 aliphatic carbocycles. The first-order valence-corrected chi connectivity index (χ1v) is 8.88. The van der Waals surface area contributed by atoms with E-state index in [-0.39, 0.29) is 23.3 Å². The molecular weight excluding hydrogens is 336 g/mol. The lowest BCUT2D eigenvalue weighted by molar-refractivity contribution is -0.123. The SMILES string of the molecule is O=C(O)c1ccc(C2CCC2C(=O)Nc2ccc3cnsc3c2)cc1. The van der Waals surface area contributed by atoms with Crippen molar-refractivity contribution in [3.05, 3.63) is 59.8 Å². The third-order valence-corrected chi connectivity index (χ3v) is 5.58. The molecule has 0 spiro atoms. The average Bonchev–Trinajstić information content (AvgIpc) is 3.02. The number of hydrogen-bond donors (Lipinski definition) is 2. The Bertz CT molecular complexity index is 949. The van der Waals surface area contributed by atoms with E-state index < -0.39 is 5.97 Å². The molecule has 1 amide bonds. The van der Waals surface area contributed by atoms with Gasteiger partial charge in [0.25, 0.3) is 0 Å². The number of aromatic carboxylic acids is 1. The second-order valence-electron chi connectivity index (χ2n) is 6.29. The first-order valence-electron chi connectivity index (χ1n) is 8.10. The van der Waals surface area contributed by atoms with Gasteiger partial charge < -0.3 is 10.4 Å². The van der Waals surface area contributed by atoms with E-state index in [2.05, 4.69) is 9.69 Å². The van der Waals surface area contributed by atoms with Crippen molar-refractivity contribution < 1.29 is 14.7 Å². The molecule has 6 heteroatoms. The summed E-state index contributed by atoms with van der Waals surface area (Å²) in [6, 6.07) is 12.6. The Morgan fingerprint density at radius 2 is 1.92 bits per heavy atom. The third kappa shape index (κ3) is 3.00. The molecule has 0 radical (unpaired) electrons. The van der Waals surface area contributed by atoms with Crippen LogP contribution in [0.5, 0.6) is 0 Å². The number of nitrogens with one attached hydrogen (secondary N) is 1. The number of amides is 1. The number of nitrogens with zero attached hydrogens (tertiary/aromatic N) is 1. The number of aromatic nitrogens is 1. The van der Waals surface area contributed by atoms with Crippen LogP contribution < -0.4 is 5.32 Å². The lowest BCUT2D eigenvalue weighted by Gasteiger charge is -2.35. The summed E-state index contributed by atoms with van der Waals surface area (Å²) in [5.41, 5.74) is 2.07. The Kier molecular flexibility index (Phi) is 3.97. The summed E-state index contributed by atoms with van der Waals surface area (Å²) in [5.74, 6) is -0.849. The fourth-order valence-electron chi connectivity index (χ4n) is 3.26. The molecular formula is C19H16N2O3S. The van der Waals surface area contributed by atoms with Gasteiger partial charge in [0.05, 0.1) is 10.3 Å². The Morgan fingerprint density at radius 3 is 2.60 bits per heavy atom. The molecule has 4 rings (SSSR count). The van der Waals surface area contributed by atoms with E-state index in [1.165, 1.54) is 11.5 Å². The highest BCUT2D eigenvalue weighted by atomic mass is 32.1. The smallest absolute Gasteiger partial charge is 0.335 e. The number of hydrogen-bond acceptors (Lipinski definition) is 4. The molecule has 2 aromatic carbocycles. The number of anilines is 1. The number of rotatable bonds is 4. The quantitative estimate of drug-likeness (QED) is 0.740. The molecule has 5 nitrogen and oxygen atoms in total. The van der Waals surface area contributed by atoms with Crippen molar-refractivity contribution in [2.45, 2.75) is 18.8 Å². The van der Waals surface area contributed by atoms with Gasteiger partial charge in [-0.2, -0.15) is 4.37 Å². The summed E-state index contributed by atoms with van der Waals surface area (Å²) in [7, 11) is 0. The monoisotopic (exact) mass is 352 g/mol. The van der Waals surface area contributed by atoms with Gasteiger partial charge in [0, 0.05) is 23.2 Å². The van der Waals surface area contributed by atoms with Gasteiger partial charge in [0.15, 0.2) is 0 Å². The fourth-order valence-corrected chi connectivity index (χ4v) is 3.94. The van der Waals surface area contributed by atoms with Crippen LogP contribution in [0.4, 0.5) is 5.69 Å². The molecule has 0 bridgehead atoms. The van der Waals surface area contributed by atoms with Gasteiger partial charge in [0.1, 0.15) is 0 Å². The molecule has 2 unspecified atom stereocenters. The van der Waals surface area contributed by atoms with E-state index in [4.69, 9.17) is 5.11 Å². The van der Waals surface area contributed by atoms with E-state index in [1.807, 2.05) is 36.5 Å². The highest BCUT2D eigenvalue weighted by molar-refractivity contribution is 7.13. The maximum Gasteiger partial charge on any atom is 0.335 e. The van der Waals surface area contributed by atoms with Crippen LogP contribution in [-0.2, 0) is 4.79 Å². The van der Waals surface area contributed by atoms with Crippen LogP contribution in [0, 0.1) is 5.92 Å². The maximum atomic E-state index is 12.6. The number of carboxylic acid groups (broad SMARTS) is 1. The minimum atomic E-state index is -0.937. The maximum absolute atomic E-state index is 12.6. The Hall–Kier alpha value is -2.73. The topological polar surface area (TPSA) is 79.3 Å². The summed E-state index contributed by atoms with van der Waals surface area (Å²) in [5, 5.41) is 13.1. The average molecular weight is 352 g/mol. The van der Waals surface area contributed by atoms with Crippen molar-refractivity contribution in [1.29, 1.82) is 0 Å². The Balaban J connectivity index is 1.47. The van der Waals surface area contributed by atoms with Crippen molar-refractivity contribution in [2.75, 3.05) is 5.32 Å². The van der Waals surface area contributed by atoms with Crippen LogP contribution in [-0.4, -0.2) is 21.4 Å². The summed E-state index contributed by atoms with van der Waals surface area (Å²) in [4.78, 5) is 23.6. The Morgan fingerprint density at radius 1 is 1.12 bits per heavy atom. The molecule has 2 N–H and O–H groups in total. The molecule has 1 aliphatic rings. The van der Waals surface area contributed by atoms with Crippen molar-refractivity contribution in [1.82, 2.24) is 4.37 Å². The number of carbonyl (C=O) groups excluding carboxylic acids is 1. The number of benzene rings is 2. The minimum absolute atomic E-state index is 0.0161. The van der Waals surface area contributed by atoms with Crippen LogP contribution in [0.25, 0.3) is 10.1 Å². The van der Waals surface area contributed by atoms with E-state index >= 15 is 0 Å².